The van der Waals surface area contributed by atoms with E-state index in [1.807, 2.05) is 36.4 Å². The molecule has 1 fully saturated rings. The van der Waals surface area contributed by atoms with Gasteiger partial charge < -0.3 is 15.4 Å². The molecule has 0 spiro atoms. The van der Waals surface area contributed by atoms with Crippen LogP contribution in [0.1, 0.15) is 31.2 Å². The molecule has 0 bridgehead atoms. The summed E-state index contributed by atoms with van der Waals surface area (Å²) < 4.78 is 33.8. The van der Waals surface area contributed by atoms with Crippen molar-refractivity contribution in [3.8, 4) is 11.5 Å². The van der Waals surface area contributed by atoms with Gasteiger partial charge in [0.2, 0.25) is 10.0 Å². The molecule has 2 aromatic rings. The van der Waals surface area contributed by atoms with Crippen LogP contribution in [0.15, 0.2) is 47.4 Å². The van der Waals surface area contributed by atoms with Crippen LogP contribution < -0.4 is 20.1 Å². The number of hydrogen-bond acceptors (Lipinski definition) is 5. The summed E-state index contributed by atoms with van der Waals surface area (Å²) in [5.41, 5.74) is 7.60. The van der Waals surface area contributed by atoms with E-state index in [9.17, 15) is 8.42 Å². The van der Waals surface area contributed by atoms with E-state index in [0.29, 0.717) is 18.0 Å². The number of fused-ring (bicyclic) bond motifs is 3. The second-order valence-corrected chi connectivity index (χ2v) is 8.59. The standard InChI is InChI=1S/C19H23N3O3S/c1-13(12-20)14-4-6-15(7-5-14)25-16-8-9-17-18(11-16)26(23,24)21-19-3-2-10-22(17)19/h4-9,11,13,19,21H,2-3,10,12,20H2,1H3. The van der Waals surface area contributed by atoms with E-state index in [1.165, 1.54) is 0 Å². The lowest BCUT2D eigenvalue weighted by Gasteiger charge is -2.33. The molecule has 2 atom stereocenters. The molecule has 2 aliphatic heterocycles. The van der Waals surface area contributed by atoms with Gasteiger partial charge >= 0.3 is 0 Å². The van der Waals surface area contributed by atoms with Gasteiger partial charge in [-0.05, 0) is 55.1 Å². The minimum atomic E-state index is -3.52. The monoisotopic (exact) mass is 373 g/mol. The number of nitrogens with one attached hydrogen (secondary N) is 1. The minimum Gasteiger partial charge on any atom is -0.457 e. The first-order chi connectivity index (χ1) is 12.5. The summed E-state index contributed by atoms with van der Waals surface area (Å²) in [6.45, 7) is 3.53. The molecule has 6 nitrogen and oxygen atoms in total. The van der Waals surface area contributed by atoms with Crippen LogP contribution in [0.3, 0.4) is 0 Å². The van der Waals surface area contributed by atoms with Crippen LogP contribution in [0.25, 0.3) is 0 Å². The molecule has 2 unspecified atom stereocenters. The average Bonchev–Trinajstić information content (AvgIpc) is 3.09. The smallest absolute Gasteiger partial charge is 0.244 e. The molecule has 0 aromatic heterocycles. The van der Waals surface area contributed by atoms with E-state index in [-0.39, 0.29) is 17.0 Å². The van der Waals surface area contributed by atoms with Crippen molar-refractivity contribution in [2.45, 2.75) is 36.7 Å². The molecule has 0 aliphatic carbocycles. The van der Waals surface area contributed by atoms with E-state index in [4.69, 9.17) is 10.5 Å². The van der Waals surface area contributed by atoms with Crippen molar-refractivity contribution in [3.05, 3.63) is 48.0 Å². The Balaban J connectivity index is 1.61. The molecule has 4 rings (SSSR count). The zero-order valence-corrected chi connectivity index (χ0v) is 15.5. The first kappa shape index (κ1) is 17.3. The van der Waals surface area contributed by atoms with Gasteiger partial charge in [-0.25, -0.2) is 8.42 Å². The Morgan fingerprint density at radius 3 is 2.69 bits per heavy atom. The Kier molecular flexibility index (Phi) is 4.38. The first-order valence-corrected chi connectivity index (χ1v) is 10.4. The number of ether oxygens (including phenoxy) is 1. The van der Waals surface area contributed by atoms with Crippen LogP contribution in [-0.4, -0.2) is 27.7 Å². The topological polar surface area (TPSA) is 84.7 Å². The summed E-state index contributed by atoms with van der Waals surface area (Å²) in [5, 5.41) is 0. The normalized spacial score (nSPS) is 21.8. The molecule has 2 aromatic carbocycles. The van der Waals surface area contributed by atoms with Gasteiger partial charge in [-0.2, -0.15) is 4.72 Å². The van der Waals surface area contributed by atoms with E-state index >= 15 is 0 Å². The number of benzene rings is 2. The third-order valence-electron chi connectivity index (χ3n) is 5.11. The lowest BCUT2D eigenvalue weighted by molar-refractivity contribution is 0.478. The average molecular weight is 373 g/mol. The van der Waals surface area contributed by atoms with Gasteiger partial charge in [0.05, 0.1) is 11.9 Å². The lowest BCUT2D eigenvalue weighted by Crippen LogP contribution is -2.48. The molecule has 7 heteroatoms. The van der Waals surface area contributed by atoms with Crippen LogP contribution in [0.4, 0.5) is 5.69 Å². The fraction of sp³-hybridized carbons (Fsp3) is 0.368. The highest BCUT2D eigenvalue weighted by atomic mass is 32.2. The zero-order chi connectivity index (χ0) is 18.3. The summed E-state index contributed by atoms with van der Waals surface area (Å²) in [5.74, 6) is 1.46. The second kappa shape index (κ2) is 6.57. The van der Waals surface area contributed by atoms with E-state index in [2.05, 4.69) is 16.5 Å². The Labute approximate surface area is 154 Å². The summed E-state index contributed by atoms with van der Waals surface area (Å²) in [7, 11) is -3.52. The molecule has 1 saturated heterocycles. The van der Waals surface area contributed by atoms with Crippen molar-refractivity contribution in [2.24, 2.45) is 5.73 Å². The van der Waals surface area contributed by atoms with Crippen LogP contribution >= 0.6 is 0 Å². The Hall–Kier alpha value is -2.09. The minimum absolute atomic E-state index is 0.128. The largest absolute Gasteiger partial charge is 0.457 e. The summed E-state index contributed by atoms with van der Waals surface area (Å²) in [6, 6.07) is 13.0. The number of anilines is 1. The van der Waals surface area contributed by atoms with Crippen molar-refractivity contribution >= 4 is 15.7 Å². The maximum Gasteiger partial charge on any atom is 0.244 e. The van der Waals surface area contributed by atoms with Crippen LogP contribution in [0.2, 0.25) is 0 Å². The molecule has 138 valence electrons. The number of sulfonamides is 1. The van der Waals surface area contributed by atoms with Gasteiger partial charge in [-0.1, -0.05) is 19.1 Å². The van der Waals surface area contributed by atoms with E-state index in [1.54, 1.807) is 6.07 Å². The van der Waals surface area contributed by atoms with Gasteiger partial charge in [0, 0.05) is 12.6 Å². The van der Waals surface area contributed by atoms with Crippen molar-refractivity contribution in [3.63, 3.8) is 0 Å². The van der Waals surface area contributed by atoms with Crippen LogP contribution in [0.5, 0.6) is 11.5 Å². The van der Waals surface area contributed by atoms with Gasteiger partial charge in [0.25, 0.3) is 0 Å². The molecule has 0 amide bonds. The van der Waals surface area contributed by atoms with E-state index in [0.717, 1.165) is 30.6 Å². The summed E-state index contributed by atoms with van der Waals surface area (Å²) in [4.78, 5) is 2.39. The highest BCUT2D eigenvalue weighted by Crippen LogP contribution is 2.38. The van der Waals surface area contributed by atoms with Gasteiger partial charge in [0.1, 0.15) is 16.4 Å². The highest BCUT2D eigenvalue weighted by molar-refractivity contribution is 7.89. The van der Waals surface area contributed by atoms with Crippen LogP contribution in [0, 0.1) is 0 Å². The number of nitrogens with two attached hydrogens (primary N) is 1. The number of rotatable bonds is 4. The maximum atomic E-state index is 12.6. The Morgan fingerprint density at radius 2 is 1.96 bits per heavy atom. The van der Waals surface area contributed by atoms with E-state index < -0.39 is 10.0 Å². The molecular weight excluding hydrogens is 350 g/mol. The third kappa shape index (κ3) is 3.06. The van der Waals surface area contributed by atoms with Crippen LogP contribution in [-0.2, 0) is 10.0 Å². The predicted octanol–water partition coefficient (Wildman–Crippen LogP) is 2.76. The van der Waals surface area contributed by atoms with Crippen molar-refractivity contribution < 1.29 is 13.2 Å². The summed E-state index contributed by atoms with van der Waals surface area (Å²) in [6.07, 6.45) is 1.69. The molecule has 26 heavy (non-hydrogen) atoms. The maximum absolute atomic E-state index is 12.6. The SMILES string of the molecule is CC(CN)c1ccc(Oc2ccc3c(c2)S(=O)(=O)NC2CCCN32)cc1. The molecule has 3 N–H and O–H groups in total. The quantitative estimate of drug-likeness (QED) is 0.861. The highest BCUT2D eigenvalue weighted by Gasteiger charge is 2.37. The van der Waals surface area contributed by atoms with Gasteiger partial charge in [-0.15, -0.1) is 0 Å². The first-order valence-electron chi connectivity index (χ1n) is 8.89. The fourth-order valence-electron chi connectivity index (χ4n) is 3.57. The summed E-state index contributed by atoms with van der Waals surface area (Å²) >= 11 is 0. The molecule has 2 heterocycles. The molecule has 0 radical (unpaired) electrons. The Morgan fingerprint density at radius 1 is 1.23 bits per heavy atom. The Bertz CT molecular complexity index is 912. The number of hydrogen-bond donors (Lipinski definition) is 2. The molecule has 0 saturated carbocycles. The molecular formula is C19H23N3O3S. The predicted molar refractivity (Wildman–Crippen MR) is 101 cm³/mol. The van der Waals surface area contributed by atoms with Crippen molar-refractivity contribution in [1.29, 1.82) is 0 Å². The van der Waals surface area contributed by atoms with Gasteiger partial charge in [-0.3, -0.25) is 0 Å². The van der Waals surface area contributed by atoms with Crippen molar-refractivity contribution in [2.75, 3.05) is 18.0 Å². The van der Waals surface area contributed by atoms with Gasteiger partial charge in [0.15, 0.2) is 0 Å². The third-order valence-corrected chi connectivity index (χ3v) is 6.60. The molecule has 2 aliphatic rings. The fourth-order valence-corrected chi connectivity index (χ4v) is 5.03. The van der Waals surface area contributed by atoms with Crippen molar-refractivity contribution in [1.82, 2.24) is 4.72 Å². The second-order valence-electron chi connectivity index (χ2n) is 6.91. The zero-order valence-electron chi connectivity index (χ0n) is 14.7. The lowest BCUT2D eigenvalue weighted by atomic mass is 10.0. The number of nitrogens with zero attached hydrogens (tertiary/aromatic N) is 1.